The van der Waals surface area contributed by atoms with E-state index in [1.54, 1.807) is 19.1 Å². The molecule has 0 saturated carbocycles. The average Bonchev–Trinajstić information content (AvgIpc) is 3.17. The molecular formula is C23H19F3N4O3S. The van der Waals surface area contributed by atoms with Crippen molar-refractivity contribution < 1.29 is 27.4 Å². The minimum Gasteiger partial charge on any atom is -0.481 e. The van der Waals surface area contributed by atoms with Crippen LogP contribution in [0.2, 0.25) is 0 Å². The van der Waals surface area contributed by atoms with Crippen LogP contribution >= 0.6 is 11.3 Å². The maximum Gasteiger partial charge on any atom is 0.573 e. The van der Waals surface area contributed by atoms with Crippen molar-refractivity contribution in [2.75, 3.05) is 12.8 Å². The van der Waals surface area contributed by atoms with Crippen LogP contribution in [0.4, 0.5) is 18.3 Å². The number of anilines is 1. The van der Waals surface area contributed by atoms with E-state index in [-0.39, 0.29) is 16.9 Å². The van der Waals surface area contributed by atoms with Crippen molar-refractivity contribution in [1.29, 1.82) is 0 Å². The number of nitrogen functional groups attached to an aromatic ring is 1. The fraction of sp³-hybridized carbons (Fsp3) is 0.174. The summed E-state index contributed by atoms with van der Waals surface area (Å²) < 4.78 is 48.6. The van der Waals surface area contributed by atoms with E-state index in [0.717, 1.165) is 15.8 Å². The molecule has 2 heterocycles. The van der Waals surface area contributed by atoms with Crippen LogP contribution in [0.5, 0.6) is 11.6 Å². The number of nitrogens with zero attached hydrogens (tertiary/aromatic N) is 2. The Kier molecular flexibility index (Phi) is 6.29. The van der Waals surface area contributed by atoms with Gasteiger partial charge in [0.2, 0.25) is 5.88 Å². The van der Waals surface area contributed by atoms with E-state index in [4.69, 9.17) is 10.5 Å². The molecule has 176 valence electrons. The molecule has 0 radical (unpaired) electrons. The molecule has 34 heavy (non-hydrogen) atoms. The topological polar surface area (TPSA) is 99.4 Å². The third-order valence-electron chi connectivity index (χ3n) is 4.98. The van der Waals surface area contributed by atoms with Gasteiger partial charge in [-0.15, -0.1) is 13.2 Å². The van der Waals surface area contributed by atoms with Gasteiger partial charge in [0.25, 0.3) is 5.91 Å². The molecule has 0 spiro atoms. The molecule has 2 aromatic heterocycles. The predicted octanol–water partition coefficient (Wildman–Crippen LogP) is 5.34. The van der Waals surface area contributed by atoms with Crippen molar-refractivity contribution in [1.82, 2.24) is 15.3 Å². The van der Waals surface area contributed by atoms with Crippen LogP contribution in [0, 0.1) is 0 Å². The summed E-state index contributed by atoms with van der Waals surface area (Å²) in [5, 5.41) is 3.14. The Morgan fingerprint density at radius 3 is 2.68 bits per heavy atom. The Labute approximate surface area is 196 Å². The highest BCUT2D eigenvalue weighted by Crippen LogP contribution is 2.34. The number of rotatable bonds is 6. The van der Waals surface area contributed by atoms with Gasteiger partial charge >= 0.3 is 6.36 Å². The van der Waals surface area contributed by atoms with Crippen LogP contribution in [0.15, 0.2) is 54.7 Å². The molecule has 0 bridgehead atoms. The third-order valence-corrected chi connectivity index (χ3v) is 5.83. The van der Waals surface area contributed by atoms with E-state index in [1.165, 1.54) is 42.8 Å². The first-order valence-corrected chi connectivity index (χ1v) is 10.8. The Hall–Kier alpha value is -3.86. The molecule has 0 aliphatic rings. The van der Waals surface area contributed by atoms with Gasteiger partial charge in [0.1, 0.15) is 5.75 Å². The monoisotopic (exact) mass is 488 g/mol. The van der Waals surface area contributed by atoms with Crippen LogP contribution < -0.4 is 20.5 Å². The summed E-state index contributed by atoms with van der Waals surface area (Å²) in [7, 11) is 1.47. The van der Waals surface area contributed by atoms with Crippen molar-refractivity contribution in [3.8, 4) is 22.8 Å². The number of carbonyl (C=O) groups is 1. The summed E-state index contributed by atoms with van der Waals surface area (Å²) in [6.07, 6.45) is -3.51. The SMILES string of the molecule is COc1ncc(C(=O)NC(C)c2ccccc2OC(F)(F)F)cc1-c1ccc2nc(N)sc2c1. The molecule has 1 unspecified atom stereocenters. The van der Waals surface area contributed by atoms with E-state index in [2.05, 4.69) is 20.0 Å². The molecular weight excluding hydrogens is 469 g/mol. The number of hydrogen-bond donors (Lipinski definition) is 2. The van der Waals surface area contributed by atoms with Crippen LogP contribution in [0.1, 0.15) is 28.9 Å². The number of benzene rings is 2. The Bertz CT molecular complexity index is 1360. The third kappa shape index (κ3) is 5.04. The summed E-state index contributed by atoms with van der Waals surface area (Å²) in [6.45, 7) is 1.57. The van der Waals surface area contributed by atoms with Gasteiger partial charge in [-0.3, -0.25) is 4.79 Å². The standard InChI is InChI=1S/C23H19F3N4O3S/c1-12(15-5-3-4-6-18(15)33-23(24,25)26)29-20(31)14-9-16(21(32-2)28-11-14)13-7-8-17-19(10-13)34-22(27)30-17/h3-12H,1-2H3,(H2,27,30)(H,29,31). The lowest BCUT2D eigenvalue weighted by molar-refractivity contribution is -0.275. The fourth-order valence-corrected chi connectivity index (χ4v) is 4.24. The number of aromatic nitrogens is 2. The van der Waals surface area contributed by atoms with Crippen molar-refractivity contribution >= 4 is 32.6 Å². The smallest absolute Gasteiger partial charge is 0.481 e. The Morgan fingerprint density at radius 2 is 1.94 bits per heavy atom. The first-order chi connectivity index (χ1) is 16.1. The zero-order chi connectivity index (χ0) is 24.5. The van der Waals surface area contributed by atoms with Crippen molar-refractivity contribution in [2.24, 2.45) is 0 Å². The van der Waals surface area contributed by atoms with Crippen LogP contribution in [-0.4, -0.2) is 29.3 Å². The number of alkyl halides is 3. The molecule has 0 fully saturated rings. The maximum absolute atomic E-state index is 12.9. The number of ether oxygens (including phenoxy) is 2. The van der Waals surface area contributed by atoms with Gasteiger partial charge in [0.05, 0.1) is 28.9 Å². The predicted molar refractivity (Wildman–Crippen MR) is 123 cm³/mol. The summed E-state index contributed by atoms with van der Waals surface area (Å²) in [6, 6.07) is 12.0. The van der Waals surface area contributed by atoms with Crippen LogP contribution in [0.3, 0.4) is 0 Å². The van der Waals surface area contributed by atoms with E-state index < -0.39 is 18.3 Å². The number of thiazole rings is 1. The number of halogens is 3. The van der Waals surface area contributed by atoms with Crippen molar-refractivity contribution in [2.45, 2.75) is 19.3 Å². The fourth-order valence-electron chi connectivity index (χ4n) is 3.47. The van der Waals surface area contributed by atoms with E-state index in [0.29, 0.717) is 16.6 Å². The summed E-state index contributed by atoms with van der Waals surface area (Å²) in [5.41, 5.74) is 8.24. The lowest BCUT2D eigenvalue weighted by Crippen LogP contribution is -2.28. The van der Waals surface area contributed by atoms with Gasteiger partial charge < -0.3 is 20.5 Å². The molecule has 7 nitrogen and oxygen atoms in total. The summed E-state index contributed by atoms with van der Waals surface area (Å²) in [4.78, 5) is 21.4. The van der Waals surface area contributed by atoms with Gasteiger partial charge in [-0.05, 0) is 36.8 Å². The molecule has 4 rings (SSSR count). The van der Waals surface area contributed by atoms with Gasteiger partial charge in [0, 0.05) is 17.3 Å². The molecule has 3 N–H and O–H groups in total. The van der Waals surface area contributed by atoms with Crippen LogP contribution in [-0.2, 0) is 0 Å². The number of fused-ring (bicyclic) bond motifs is 1. The number of amides is 1. The van der Waals surface area contributed by atoms with E-state index >= 15 is 0 Å². The highest BCUT2D eigenvalue weighted by molar-refractivity contribution is 7.22. The number of para-hydroxylation sites is 1. The first-order valence-electron chi connectivity index (χ1n) is 10.0. The minimum absolute atomic E-state index is 0.183. The minimum atomic E-state index is -4.85. The number of pyridine rings is 1. The molecule has 0 aliphatic heterocycles. The molecule has 1 amide bonds. The van der Waals surface area contributed by atoms with Gasteiger partial charge in [-0.2, -0.15) is 0 Å². The molecule has 11 heteroatoms. The molecule has 4 aromatic rings. The maximum atomic E-state index is 12.9. The summed E-state index contributed by atoms with van der Waals surface area (Å²) in [5.74, 6) is -0.590. The highest BCUT2D eigenvalue weighted by atomic mass is 32.1. The lowest BCUT2D eigenvalue weighted by Gasteiger charge is -2.19. The first kappa shape index (κ1) is 23.3. The summed E-state index contributed by atoms with van der Waals surface area (Å²) >= 11 is 1.33. The second kappa shape index (κ2) is 9.18. The van der Waals surface area contributed by atoms with Crippen molar-refractivity contribution in [3.05, 3.63) is 65.9 Å². The number of carbonyl (C=O) groups excluding carboxylic acids is 1. The second-order valence-corrected chi connectivity index (χ2v) is 8.36. The van der Waals surface area contributed by atoms with Gasteiger partial charge in [-0.25, -0.2) is 9.97 Å². The lowest BCUT2D eigenvalue weighted by atomic mass is 10.0. The van der Waals surface area contributed by atoms with Gasteiger partial charge in [-0.1, -0.05) is 35.6 Å². The van der Waals surface area contributed by atoms with Crippen LogP contribution in [0.25, 0.3) is 21.3 Å². The molecule has 2 aromatic carbocycles. The Balaban J connectivity index is 1.62. The zero-order valence-corrected chi connectivity index (χ0v) is 18.8. The zero-order valence-electron chi connectivity index (χ0n) is 18.0. The highest BCUT2D eigenvalue weighted by Gasteiger charge is 2.32. The second-order valence-electron chi connectivity index (χ2n) is 7.30. The number of nitrogens with two attached hydrogens (primary N) is 1. The van der Waals surface area contributed by atoms with E-state index in [1.807, 2.05) is 18.2 Å². The number of nitrogens with one attached hydrogen (secondary N) is 1. The van der Waals surface area contributed by atoms with Gasteiger partial charge in [0.15, 0.2) is 5.13 Å². The normalized spacial score (nSPS) is 12.4. The number of hydrogen-bond acceptors (Lipinski definition) is 7. The average molecular weight is 488 g/mol. The molecule has 1 atom stereocenters. The quantitative estimate of drug-likeness (QED) is 0.380. The largest absolute Gasteiger partial charge is 0.573 e. The Morgan fingerprint density at radius 1 is 1.18 bits per heavy atom. The number of methoxy groups -OCH3 is 1. The van der Waals surface area contributed by atoms with E-state index in [9.17, 15) is 18.0 Å². The molecule has 0 aliphatic carbocycles. The molecule has 0 saturated heterocycles. The van der Waals surface area contributed by atoms with Crippen molar-refractivity contribution in [3.63, 3.8) is 0 Å².